The van der Waals surface area contributed by atoms with Gasteiger partial charge in [-0.15, -0.1) is 13.2 Å². The number of aliphatic hydroxyl groups excluding tert-OH is 1. The van der Waals surface area contributed by atoms with Crippen molar-refractivity contribution >= 4 is 29.1 Å². The molecule has 3 unspecified atom stereocenters. The molecule has 3 fully saturated rings. The highest BCUT2D eigenvalue weighted by Gasteiger charge is 2.80. The first-order valence-corrected chi connectivity index (χ1v) is 16.9. The molecule has 3 saturated heterocycles. The molecule has 1 N–H and O–H groups in total. The van der Waals surface area contributed by atoms with Crippen molar-refractivity contribution in [2.75, 3.05) is 55.7 Å². The molecule has 3 heterocycles. The van der Waals surface area contributed by atoms with Gasteiger partial charge >= 0.3 is 0 Å². The summed E-state index contributed by atoms with van der Waals surface area (Å²) in [5.74, 6) is -1.99. The Kier molecular flexibility index (Phi) is 11.2. The number of aliphatic hydroxyl groups is 1. The van der Waals surface area contributed by atoms with E-state index in [0.29, 0.717) is 38.9 Å². The quantitative estimate of drug-likeness (QED) is 0.201. The normalized spacial score (nSPS) is 28.2. The van der Waals surface area contributed by atoms with E-state index in [-0.39, 0.29) is 36.8 Å². The topological polar surface area (TPSA) is 93.6 Å². The Morgan fingerprint density at radius 1 is 1.02 bits per heavy atom. The minimum Gasteiger partial charge on any atom is -0.396 e. The molecule has 3 amide bonds. The highest BCUT2D eigenvalue weighted by Crippen LogP contribution is 2.65. The van der Waals surface area contributed by atoms with Gasteiger partial charge in [-0.05, 0) is 83.1 Å². The summed E-state index contributed by atoms with van der Waals surface area (Å²) in [6, 6.07) is 7.07. The van der Waals surface area contributed by atoms with Gasteiger partial charge in [-0.2, -0.15) is 0 Å². The molecule has 9 nitrogen and oxygen atoms in total. The number of likely N-dealkylation sites (tertiary alicyclic amines) is 1. The third-order valence-electron chi connectivity index (χ3n) is 10.4. The van der Waals surface area contributed by atoms with E-state index in [1.54, 1.807) is 26.9 Å². The van der Waals surface area contributed by atoms with Gasteiger partial charge in [0.1, 0.15) is 11.6 Å². The summed E-state index contributed by atoms with van der Waals surface area (Å²) in [7, 11) is 0. The number of carbonyl (C=O) groups is 3. The fourth-order valence-electron chi connectivity index (χ4n) is 8.15. The van der Waals surface area contributed by atoms with Gasteiger partial charge in [0.15, 0.2) is 0 Å². The van der Waals surface area contributed by atoms with Crippen LogP contribution in [0, 0.1) is 17.8 Å². The average molecular weight is 623 g/mol. The Hall–Kier alpha value is -3.17. The number of hydrogen-bond acceptors (Lipinski definition) is 6. The molecule has 0 saturated carbocycles. The number of anilines is 2. The number of amides is 3. The van der Waals surface area contributed by atoms with Gasteiger partial charge in [-0.1, -0.05) is 26.0 Å². The summed E-state index contributed by atoms with van der Waals surface area (Å²) in [5, 5.41) is 9.38. The lowest BCUT2D eigenvalue weighted by Gasteiger charge is -2.39. The highest BCUT2D eigenvalue weighted by atomic mass is 16.5. The second-order valence-corrected chi connectivity index (χ2v) is 13.0. The van der Waals surface area contributed by atoms with E-state index in [9.17, 15) is 19.5 Å². The lowest BCUT2D eigenvalue weighted by atomic mass is 9.62. The summed E-state index contributed by atoms with van der Waals surface area (Å²) >= 11 is 0. The van der Waals surface area contributed by atoms with Crippen LogP contribution in [0.2, 0.25) is 0 Å². The number of fused-ring (bicyclic) bond motifs is 1. The predicted octanol–water partition coefficient (Wildman–Crippen LogP) is 4.65. The van der Waals surface area contributed by atoms with E-state index in [1.165, 1.54) is 0 Å². The third kappa shape index (κ3) is 6.06. The molecular formula is C36H54N4O5. The molecule has 6 atom stereocenters. The first-order chi connectivity index (χ1) is 21.6. The van der Waals surface area contributed by atoms with E-state index in [0.717, 1.165) is 37.3 Å². The number of unbranched alkanes of at least 4 members (excludes halogenated alkanes) is 2. The Morgan fingerprint density at radius 2 is 1.67 bits per heavy atom. The summed E-state index contributed by atoms with van der Waals surface area (Å²) in [6.45, 7) is 21.5. The average Bonchev–Trinajstić information content (AvgIpc) is 3.54. The van der Waals surface area contributed by atoms with Crippen LogP contribution in [-0.4, -0.2) is 95.7 Å². The summed E-state index contributed by atoms with van der Waals surface area (Å²) in [4.78, 5) is 51.2. The van der Waals surface area contributed by atoms with Crippen molar-refractivity contribution in [1.82, 2.24) is 9.80 Å². The largest absolute Gasteiger partial charge is 0.396 e. The van der Waals surface area contributed by atoms with Crippen molar-refractivity contribution in [3.05, 3.63) is 49.6 Å². The lowest BCUT2D eigenvalue weighted by Crippen LogP contribution is -2.57. The monoisotopic (exact) mass is 622 g/mol. The van der Waals surface area contributed by atoms with E-state index >= 15 is 0 Å². The van der Waals surface area contributed by atoms with Crippen LogP contribution in [-0.2, 0) is 19.1 Å². The summed E-state index contributed by atoms with van der Waals surface area (Å²) in [5.41, 5.74) is -0.192. The van der Waals surface area contributed by atoms with Crippen LogP contribution >= 0.6 is 0 Å². The maximum atomic E-state index is 14.9. The fourth-order valence-corrected chi connectivity index (χ4v) is 8.15. The smallest absolute Gasteiger partial charge is 0.253 e. The molecule has 3 aliphatic heterocycles. The second-order valence-electron chi connectivity index (χ2n) is 13.0. The SMILES string of the molecule is C=CCN(CCC)C(=O)[C@H]1[C@H]2C(=O)N(CCCCCO)C(C(=O)N(CC=C)c3ccc(N(CC)CC)cc3)C23CC(C)[C@]1(C)O3. The molecule has 45 heavy (non-hydrogen) atoms. The molecule has 1 aromatic carbocycles. The number of nitrogens with zero attached hydrogens (tertiary/aromatic N) is 4. The van der Waals surface area contributed by atoms with Gasteiger partial charge in [-0.25, -0.2) is 0 Å². The lowest BCUT2D eigenvalue weighted by molar-refractivity contribution is -0.151. The van der Waals surface area contributed by atoms with E-state index in [4.69, 9.17) is 4.74 Å². The number of hydrogen-bond donors (Lipinski definition) is 1. The van der Waals surface area contributed by atoms with Crippen LogP contribution in [0.4, 0.5) is 11.4 Å². The molecule has 0 aliphatic carbocycles. The Bertz CT molecular complexity index is 1230. The number of carbonyl (C=O) groups excluding carboxylic acids is 3. The van der Waals surface area contributed by atoms with E-state index in [2.05, 4.69) is 38.8 Å². The van der Waals surface area contributed by atoms with Crippen LogP contribution in [0.5, 0.6) is 0 Å². The zero-order valence-corrected chi connectivity index (χ0v) is 28.0. The second kappa shape index (κ2) is 14.5. The molecule has 3 aliphatic rings. The van der Waals surface area contributed by atoms with Crippen LogP contribution in [0.15, 0.2) is 49.6 Å². The van der Waals surface area contributed by atoms with Gasteiger partial charge in [-0.3, -0.25) is 14.4 Å². The van der Waals surface area contributed by atoms with Gasteiger partial charge < -0.3 is 29.4 Å². The van der Waals surface area contributed by atoms with Crippen molar-refractivity contribution < 1.29 is 24.2 Å². The molecule has 4 rings (SSSR count). The third-order valence-corrected chi connectivity index (χ3v) is 10.4. The van der Waals surface area contributed by atoms with Crippen LogP contribution < -0.4 is 9.80 Å². The zero-order chi connectivity index (χ0) is 32.9. The van der Waals surface area contributed by atoms with Crippen molar-refractivity contribution in [1.29, 1.82) is 0 Å². The van der Waals surface area contributed by atoms with Gasteiger partial charge in [0.05, 0.1) is 17.4 Å². The minimum atomic E-state index is -1.12. The number of rotatable bonds is 17. The van der Waals surface area contributed by atoms with Crippen molar-refractivity contribution in [2.24, 2.45) is 17.8 Å². The first-order valence-electron chi connectivity index (χ1n) is 16.9. The van der Waals surface area contributed by atoms with Gasteiger partial charge in [0, 0.05) is 57.3 Å². The van der Waals surface area contributed by atoms with Gasteiger partial charge in [0.2, 0.25) is 11.8 Å². The molecule has 248 valence electrons. The molecule has 0 aromatic heterocycles. The molecule has 0 radical (unpaired) electrons. The Labute approximate surface area is 269 Å². The van der Waals surface area contributed by atoms with Crippen molar-refractivity contribution in [3.63, 3.8) is 0 Å². The van der Waals surface area contributed by atoms with Crippen LogP contribution in [0.25, 0.3) is 0 Å². The fraction of sp³-hybridized carbons (Fsp3) is 0.639. The molecule has 1 spiro atoms. The van der Waals surface area contributed by atoms with Gasteiger partial charge in [0.25, 0.3) is 5.91 Å². The van der Waals surface area contributed by atoms with Crippen molar-refractivity contribution in [3.8, 4) is 0 Å². The van der Waals surface area contributed by atoms with Crippen LogP contribution in [0.3, 0.4) is 0 Å². The maximum absolute atomic E-state index is 14.9. The summed E-state index contributed by atoms with van der Waals surface area (Å²) in [6.07, 6.45) is 6.71. The minimum absolute atomic E-state index is 0.0337. The number of ether oxygens (including phenoxy) is 1. The van der Waals surface area contributed by atoms with Crippen molar-refractivity contribution in [2.45, 2.75) is 84.0 Å². The van der Waals surface area contributed by atoms with E-state index in [1.807, 2.05) is 38.1 Å². The highest BCUT2D eigenvalue weighted by molar-refractivity contribution is 6.05. The van der Waals surface area contributed by atoms with Crippen LogP contribution in [0.1, 0.15) is 66.7 Å². The maximum Gasteiger partial charge on any atom is 0.253 e. The Balaban J connectivity index is 1.78. The molecule has 9 heteroatoms. The summed E-state index contributed by atoms with van der Waals surface area (Å²) < 4.78 is 6.97. The molecule has 2 bridgehead atoms. The number of benzene rings is 1. The zero-order valence-electron chi connectivity index (χ0n) is 28.0. The van der Waals surface area contributed by atoms with E-state index < -0.39 is 29.1 Å². The molecule has 1 aromatic rings. The molecular weight excluding hydrogens is 568 g/mol. The first kappa shape index (κ1) is 34.7. The standard InChI is InChI=1S/C36H54N4O5/c1-8-20-38(21-9-2)32(42)29-30-33(43)40(23-14-13-15-24-41)31(36(30)25-26(6)35(29,7)45-36)34(44)39(22-10-3)28-18-16-27(17-19-28)37(11-4)12-5/h8,10,16-19,26,29-31,41H,1,3,9,11-15,20-25H2,2,4-7H3/t26?,29-,30+,31?,35+,36?/m1/s1. The predicted molar refractivity (Wildman–Crippen MR) is 179 cm³/mol. The Morgan fingerprint density at radius 3 is 2.24 bits per heavy atom.